The zero-order valence-corrected chi connectivity index (χ0v) is 13.1. The highest BCUT2D eigenvalue weighted by molar-refractivity contribution is 9.10. The van der Waals surface area contributed by atoms with Crippen LogP contribution < -0.4 is 5.32 Å². The van der Waals surface area contributed by atoms with E-state index in [2.05, 4.69) is 39.2 Å². The summed E-state index contributed by atoms with van der Waals surface area (Å²) in [7, 11) is 0. The number of anilines is 1. The molecule has 2 aromatic rings. The van der Waals surface area contributed by atoms with Gasteiger partial charge in [-0.2, -0.15) is 5.26 Å². The first kappa shape index (κ1) is 14.1. The van der Waals surface area contributed by atoms with E-state index in [1.54, 1.807) is 6.20 Å². The predicted octanol–water partition coefficient (Wildman–Crippen LogP) is 4.65. The van der Waals surface area contributed by atoms with Crippen LogP contribution in [0.3, 0.4) is 0 Å². The van der Waals surface area contributed by atoms with E-state index in [0.717, 1.165) is 39.6 Å². The Morgan fingerprint density at radius 1 is 1.53 bits per heavy atom. The van der Waals surface area contributed by atoms with Crippen molar-refractivity contribution in [3.8, 4) is 6.07 Å². The Balaban J connectivity index is 2.83. The Hall–Kier alpha value is -1.31. The lowest BCUT2D eigenvalue weighted by atomic mass is 10.1. The molecule has 0 saturated heterocycles. The number of fused-ring (bicyclic) bond motifs is 1. The summed E-state index contributed by atoms with van der Waals surface area (Å²) in [6, 6.07) is 4.10. The maximum atomic E-state index is 9.22. The lowest BCUT2D eigenvalue weighted by Gasteiger charge is -2.14. The second-order valence-corrected chi connectivity index (χ2v) is 5.53. The molecule has 98 valence electrons. The lowest BCUT2D eigenvalue weighted by Crippen LogP contribution is -2.04. The normalized spacial score (nSPS) is 10.5. The average molecular weight is 339 g/mol. The topological polar surface area (TPSA) is 48.7 Å². The molecule has 1 aromatic carbocycles. The molecule has 1 heterocycles. The predicted molar refractivity (Wildman–Crippen MR) is 82.7 cm³/mol. The second kappa shape index (κ2) is 5.77. The van der Waals surface area contributed by atoms with E-state index in [1.165, 1.54) is 0 Å². The molecule has 1 aromatic heterocycles. The Morgan fingerprint density at radius 3 is 2.89 bits per heavy atom. The number of aryl methyl sites for hydroxylation is 1. The third-order valence-electron chi connectivity index (χ3n) is 2.89. The highest BCUT2D eigenvalue weighted by atomic mass is 79.9. The molecule has 19 heavy (non-hydrogen) atoms. The molecule has 0 amide bonds. The smallest absolute Gasteiger partial charge is 0.103 e. The second-order valence-electron chi connectivity index (χ2n) is 4.30. The molecule has 0 aliphatic carbocycles. The van der Waals surface area contributed by atoms with Gasteiger partial charge in [-0.1, -0.05) is 18.5 Å². The molecule has 3 nitrogen and oxygen atoms in total. The first-order chi connectivity index (χ1) is 9.10. The van der Waals surface area contributed by atoms with Gasteiger partial charge >= 0.3 is 0 Å². The number of nitrogens with zero attached hydrogens (tertiary/aromatic N) is 2. The van der Waals surface area contributed by atoms with Crippen LogP contribution in [0.2, 0.25) is 5.02 Å². The molecule has 2 rings (SSSR count). The summed E-state index contributed by atoms with van der Waals surface area (Å²) in [5.41, 5.74) is 3.01. The van der Waals surface area contributed by atoms with E-state index >= 15 is 0 Å². The average Bonchev–Trinajstić information content (AvgIpc) is 2.41. The first-order valence-electron chi connectivity index (χ1n) is 6.01. The van der Waals surface area contributed by atoms with Gasteiger partial charge in [-0.3, -0.25) is 4.98 Å². The number of hydrogen-bond acceptors (Lipinski definition) is 3. The minimum atomic E-state index is 0.514. The lowest BCUT2D eigenvalue weighted by molar-refractivity contribution is 0.980. The molecule has 0 aliphatic heterocycles. The number of hydrogen-bond donors (Lipinski definition) is 1. The van der Waals surface area contributed by atoms with E-state index in [1.807, 2.05) is 13.0 Å². The van der Waals surface area contributed by atoms with Gasteiger partial charge in [0.1, 0.15) is 6.07 Å². The van der Waals surface area contributed by atoms with E-state index < -0.39 is 0 Å². The van der Waals surface area contributed by atoms with Crippen molar-refractivity contribution in [3.05, 3.63) is 32.9 Å². The first-order valence-corrected chi connectivity index (χ1v) is 7.18. The van der Waals surface area contributed by atoms with Gasteiger partial charge in [0, 0.05) is 22.6 Å². The summed E-state index contributed by atoms with van der Waals surface area (Å²) < 4.78 is 0.883. The molecular formula is C14H13BrClN3. The van der Waals surface area contributed by atoms with Crippen molar-refractivity contribution in [2.45, 2.75) is 20.3 Å². The zero-order valence-electron chi connectivity index (χ0n) is 10.7. The van der Waals surface area contributed by atoms with Gasteiger partial charge in [0.2, 0.25) is 0 Å². The number of rotatable bonds is 3. The molecule has 5 heteroatoms. The molecule has 1 N–H and O–H groups in total. The Kier molecular flexibility index (Phi) is 4.28. The molecular weight excluding hydrogens is 326 g/mol. The molecule has 0 unspecified atom stereocenters. The van der Waals surface area contributed by atoms with E-state index in [-0.39, 0.29) is 0 Å². The Morgan fingerprint density at radius 2 is 2.26 bits per heavy atom. The number of nitrogens with one attached hydrogen (secondary N) is 1. The third-order valence-corrected chi connectivity index (χ3v) is 3.98. The minimum absolute atomic E-state index is 0.514. The van der Waals surface area contributed by atoms with Crippen LogP contribution in [0, 0.1) is 18.3 Å². The number of pyridine rings is 1. The van der Waals surface area contributed by atoms with E-state index in [0.29, 0.717) is 10.6 Å². The summed E-state index contributed by atoms with van der Waals surface area (Å²) >= 11 is 9.90. The fourth-order valence-electron chi connectivity index (χ4n) is 1.94. The van der Waals surface area contributed by atoms with Crippen molar-refractivity contribution in [1.29, 1.82) is 5.26 Å². The van der Waals surface area contributed by atoms with Crippen molar-refractivity contribution >= 4 is 44.1 Å². The number of nitriles is 1. The van der Waals surface area contributed by atoms with Crippen LogP contribution in [0.4, 0.5) is 5.69 Å². The molecule has 0 radical (unpaired) electrons. The van der Waals surface area contributed by atoms with Crippen LogP contribution >= 0.6 is 27.5 Å². The number of aromatic nitrogens is 1. The quantitative estimate of drug-likeness (QED) is 0.886. The Labute approximate surface area is 125 Å². The highest BCUT2D eigenvalue weighted by Crippen LogP contribution is 2.37. The fourth-order valence-corrected chi connectivity index (χ4v) is 2.83. The largest absolute Gasteiger partial charge is 0.383 e. The highest BCUT2D eigenvalue weighted by Gasteiger charge is 2.15. The third kappa shape index (κ3) is 2.54. The molecule has 0 saturated carbocycles. The summed E-state index contributed by atoms with van der Waals surface area (Å²) in [4.78, 5) is 4.33. The molecule has 0 bridgehead atoms. The van der Waals surface area contributed by atoms with Crippen molar-refractivity contribution < 1.29 is 0 Å². The van der Waals surface area contributed by atoms with Crippen LogP contribution in [-0.4, -0.2) is 11.5 Å². The number of benzene rings is 1. The minimum Gasteiger partial charge on any atom is -0.383 e. The maximum absolute atomic E-state index is 9.22. The standard InChI is InChI=1S/C14H13BrClN3/c1-3-4-18-13-9(6-17)7-19-14-10(15)5-8(2)12(16)11(13)14/h5,7H,3-4H2,1-2H3,(H,18,19). The summed E-state index contributed by atoms with van der Waals surface area (Å²) in [6.45, 7) is 4.80. The van der Waals surface area contributed by atoms with E-state index in [9.17, 15) is 5.26 Å². The monoisotopic (exact) mass is 337 g/mol. The van der Waals surface area contributed by atoms with Gasteiger partial charge in [-0.25, -0.2) is 0 Å². The van der Waals surface area contributed by atoms with Crippen molar-refractivity contribution in [1.82, 2.24) is 4.98 Å². The number of halogens is 2. The van der Waals surface area contributed by atoms with Crippen molar-refractivity contribution in [2.75, 3.05) is 11.9 Å². The van der Waals surface area contributed by atoms with Gasteiger partial charge in [0.05, 0.1) is 21.8 Å². The van der Waals surface area contributed by atoms with Crippen molar-refractivity contribution in [3.63, 3.8) is 0 Å². The summed E-state index contributed by atoms with van der Waals surface area (Å²) in [5, 5.41) is 14.0. The molecule has 0 aliphatic rings. The van der Waals surface area contributed by atoms with Crippen LogP contribution in [-0.2, 0) is 0 Å². The molecule has 0 fully saturated rings. The summed E-state index contributed by atoms with van der Waals surface area (Å²) in [5.74, 6) is 0. The van der Waals surface area contributed by atoms with Gasteiger partial charge < -0.3 is 5.32 Å². The van der Waals surface area contributed by atoms with Crippen molar-refractivity contribution in [2.24, 2.45) is 0 Å². The Bertz CT molecular complexity index is 677. The van der Waals surface area contributed by atoms with Crippen LogP contribution in [0.25, 0.3) is 10.9 Å². The maximum Gasteiger partial charge on any atom is 0.103 e. The molecule has 0 spiro atoms. The zero-order chi connectivity index (χ0) is 14.0. The SMILES string of the molecule is CCCNc1c(C#N)cnc2c(Br)cc(C)c(Cl)c12. The summed E-state index contributed by atoms with van der Waals surface area (Å²) in [6.07, 6.45) is 2.55. The van der Waals surface area contributed by atoms with Crippen LogP contribution in [0.5, 0.6) is 0 Å². The fraction of sp³-hybridized carbons (Fsp3) is 0.286. The van der Waals surface area contributed by atoms with Crippen LogP contribution in [0.1, 0.15) is 24.5 Å². The van der Waals surface area contributed by atoms with Gasteiger partial charge in [-0.15, -0.1) is 0 Å². The molecule has 0 atom stereocenters. The van der Waals surface area contributed by atoms with Gasteiger partial charge in [0.25, 0.3) is 0 Å². The van der Waals surface area contributed by atoms with Crippen LogP contribution in [0.15, 0.2) is 16.7 Å². The van der Waals surface area contributed by atoms with Gasteiger partial charge in [0.15, 0.2) is 0 Å². The van der Waals surface area contributed by atoms with Gasteiger partial charge in [-0.05, 0) is 40.9 Å². The van der Waals surface area contributed by atoms with E-state index in [4.69, 9.17) is 11.6 Å².